The molecule has 0 saturated heterocycles. The largest absolute Gasteiger partial charge is 0.361 e. The lowest BCUT2D eigenvalue weighted by atomic mass is 9.90. The predicted octanol–water partition coefficient (Wildman–Crippen LogP) is 6.14. The maximum atomic E-state index is 12.7. The van der Waals surface area contributed by atoms with Gasteiger partial charge in [0.15, 0.2) is 0 Å². The van der Waals surface area contributed by atoms with Crippen molar-refractivity contribution >= 4 is 28.4 Å². The zero-order chi connectivity index (χ0) is 24.0. The average molecular weight is 485 g/mol. The third kappa shape index (κ3) is 5.28. The molecule has 0 spiro atoms. The minimum Gasteiger partial charge on any atom is -0.361 e. The third-order valence-electron chi connectivity index (χ3n) is 6.08. The van der Waals surface area contributed by atoms with E-state index in [0.717, 1.165) is 27.6 Å². The van der Waals surface area contributed by atoms with E-state index < -0.39 is 0 Å². The molecule has 0 radical (unpaired) electrons. The van der Waals surface area contributed by atoms with Gasteiger partial charge in [0.05, 0.1) is 0 Å². The number of nitrogens with one attached hydrogen (secondary N) is 2. The third-order valence-corrected chi connectivity index (χ3v) is 6.42. The molecule has 0 bridgehead atoms. The van der Waals surface area contributed by atoms with Crippen molar-refractivity contribution in [1.82, 2.24) is 20.4 Å². The molecule has 2 aromatic heterocycles. The highest BCUT2D eigenvalue weighted by molar-refractivity contribution is 6.31. The number of aromatic amines is 1. The molecule has 2 N–H and O–H groups in total. The highest BCUT2D eigenvalue weighted by Gasteiger charge is 2.21. The van der Waals surface area contributed by atoms with Crippen LogP contribution < -0.4 is 5.32 Å². The topological polar surface area (TPSA) is 83.8 Å². The molecule has 1 amide bonds. The van der Waals surface area contributed by atoms with Gasteiger partial charge in [-0.25, -0.2) is 0 Å². The summed E-state index contributed by atoms with van der Waals surface area (Å²) in [6, 6.07) is 25.6. The van der Waals surface area contributed by atoms with Crippen molar-refractivity contribution in [3.63, 3.8) is 0 Å². The van der Waals surface area contributed by atoms with Gasteiger partial charge in [0, 0.05) is 53.0 Å². The lowest BCUT2D eigenvalue weighted by Gasteiger charge is -2.19. The molecule has 1 unspecified atom stereocenters. The minimum atomic E-state index is -0.0758. The number of benzene rings is 3. The molecular weight excluding hydrogens is 460 g/mol. The van der Waals surface area contributed by atoms with Gasteiger partial charge in [-0.3, -0.25) is 4.79 Å². The van der Waals surface area contributed by atoms with Crippen LogP contribution >= 0.6 is 11.6 Å². The van der Waals surface area contributed by atoms with Gasteiger partial charge in [-0.1, -0.05) is 83.5 Å². The van der Waals surface area contributed by atoms with Gasteiger partial charge in [0.2, 0.25) is 17.6 Å². The maximum absolute atomic E-state index is 12.7. The summed E-state index contributed by atoms with van der Waals surface area (Å²) in [7, 11) is 0. The number of nitrogens with zero attached hydrogens (tertiary/aromatic N) is 2. The van der Waals surface area contributed by atoms with Crippen molar-refractivity contribution in [2.24, 2.45) is 0 Å². The van der Waals surface area contributed by atoms with Crippen LogP contribution in [0.25, 0.3) is 22.3 Å². The number of halogens is 1. The second kappa shape index (κ2) is 10.6. The van der Waals surface area contributed by atoms with E-state index in [2.05, 4.69) is 26.5 Å². The Morgan fingerprint density at radius 3 is 2.60 bits per heavy atom. The lowest BCUT2D eigenvalue weighted by molar-refractivity contribution is -0.121. The Bertz CT molecular complexity index is 1430. The number of para-hydroxylation sites is 1. The van der Waals surface area contributed by atoms with E-state index in [9.17, 15) is 4.79 Å². The molecule has 2 heterocycles. The summed E-state index contributed by atoms with van der Waals surface area (Å²) in [6.07, 6.45) is 3.53. The van der Waals surface area contributed by atoms with Gasteiger partial charge >= 0.3 is 0 Å². The van der Waals surface area contributed by atoms with Crippen molar-refractivity contribution in [2.75, 3.05) is 6.54 Å². The van der Waals surface area contributed by atoms with Crippen LogP contribution in [0, 0.1) is 0 Å². The average Bonchev–Trinajstić information content (AvgIpc) is 3.54. The number of hydrogen-bond donors (Lipinski definition) is 2. The number of hydrogen-bond acceptors (Lipinski definition) is 4. The molecule has 6 nitrogen and oxygen atoms in total. The minimum absolute atomic E-state index is 0.0234. The highest BCUT2D eigenvalue weighted by atomic mass is 35.5. The van der Waals surface area contributed by atoms with E-state index in [1.54, 1.807) is 0 Å². The first-order valence-corrected chi connectivity index (χ1v) is 12.0. The van der Waals surface area contributed by atoms with E-state index >= 15 is 0 Å². The molecule has 1 atom stereocenters. The van der Waals surface area contributed by atoms with Gasteiger partial charge in [-0.05, 0) is 29.7 Å². The normalized spacial score (nSPS) is 12.0. The summed E-state index contributed by atoms with van der Waals surface area (Å²) in [5.41, 5.74) is 4.05. The van der Waals surface area contributed by atoms with Crippen LogP contribution in [0.2, 0.25) is 5.02 Å². The fourth-order valence-electron chi connectivity index (χ4n) is 4.29. The fraction of sp³-hybridized carbons (Fsp3) is 0.179. The van der Waals surface area contributed by atoms with Crippen LogP contribution in [0.1, 0.15) is 35.8 Å². The maximum Gasteiger partial charge on any atom is 0.226 e. The first-order chi connectivity index (χ1) is 17.2. The first kappa shape index (κ1) is 22.9. The number of H-pyrrole nitrogens is 1. The first-order valence-electron chi connectivity index (χ1n) is 11.6. The van der Waals surface area contributed by atoms with Gasteiger partial charge in [-0.2, -0.15) is 4.98 Å². The lowest BCUT2D eigenvalue weighted by Crippen LogP contribution is -2.28. The SMILES string of the molecule is O=C(CCCc1nc(-c2ccccc2)no1)NCC(c1ccccc1Cl)c1c[nH]c2ccccc12. The van der Waals surface area contributed by atoms with Crippen LogP contribution in [0.15, 0.2) is 89.6 Å². The van der Waals surface area contributed by atoms with Gasteiger partial charge in [0.1, 0.15) is 0 Å². The van der Waals surface area contributed by atoms with Gasteiger partial charge in [-0.15, -0.1) is 0 Å². The Kier molecular flexibility index (Phi) is 6.91. The van der Waals surface area contributed by atoms with Gasteiger partial charge < -0.3 is 14.8 Å². The van der Waals surface area contributed by atoms with E-state index in [1.807, 2.05) is 79.0 Å². The van der Waals surface area contributed by atoms with Crippen molar-refractivity contribution in [1.29, 1.82) is 0 Å². The fourth-order valence-corrected chi connectivity index (χ4v) is 4.56. The molecule has 0 saturated carbocycles. The second-order valence-electron chi connectivity index (χ2n) is 8.40. The summed E-state index contributed by atoms with van der Waals surface area (Å²) < 4.78 is 5.35. The summed E-state index contributed by atoms with van der Waals surface area (Å²) in [5.74, 6) is 0.994. The number of carbonyl (C=O) groups excluding carboxylic acids is 1. The summed E-state index contributed by atoms with van der Waals surface area (Å²) in [4.78, 5) is 20.5. The molecule has 7 heteroatoms. The standard InChI is InChI=1S/C28H25ClN4O2/c29-24-13-6-4-11-20(24)22(23-17-30-25-14-7-5-12-21(23)25)18-31-26(34)15-8-16-27-32-28(33-35-27)19-9-2-1-3-10-19/h1-7,9-14,17,22,30H,8,15-16,18H2,(H,31,34). The van der Waals surface area contributed by atoms with Crippen LogP contribution in [0.4, 0.5) is 0 Å². The monoisotopic (exact) mass is 484 g/mol. The van der Waals surface area contributed by atoms with Crippen LogP contribution in [-0.4, -0.2) is 27.6 Å². The Morgan fingerprint density at radius 1 is 0.971 bits per heavy atom. The zero-order valence-corrected chi connectivity index (χ0v) is 19.8. The second-order valence-corrected chi connectivity index (χ2v) is 8.81. The Hall–Kier alpha value is -3.90. The predicted molar refractivity (Wildman–Crippen MR) is 137 cm³/mol. The van der Waals surface area contributed by atoms with Crippen molar-refractivity contribution in [2.45, 2.75) is 25.2 Å². The number of aryl methyl sites for hydroxylation is 1. The number of amides is 1. The number of carbonyl (C=O) groups is 1. The van der Waals surface area contributed by atoms with E-state index in [0.29, 0.717) is 42.5 Å². The van der Waals surface area contributed by atoms with Crippen molar-refractivity contribution in [3.05, 3.63) is 107 Å². The van der Waals surface area contributed by atoms with Gasteiger partial charge in [0.25, 0.3) is 0 Å². The quantitative estimate of drug-likeness (QED) is 0.263. The Labute approximate surface area is 208 Å². The van der Waals surface area contributed by atoms with E-state index in [-0.39, 0.29) is 11.8 Å². The molecule has 35 heavy (non-hydrogen) atoms. The molecular formula is C28H25ClN4O2. The molecule has 0 aliphatic heterocycles. The smallest absolute Gasteiger partial charge is 0.226 e. The van der Waals surface area contributed by atoms with Crippen LogP contribution in [0.3, 0.4) is 0 Å². The molecule has 5 rings (SSSR count). The molecule has 176 valence electrons. The van der Waals surface area contributed by atoms with Crippen molar-refractivity contribution in [3.8, 4) is 11.4 Å². The molecule has 5 aromatic rings. The number of fused-ring (bicyclic) bond motifs is 1. The number of aromatic nitrogens is 3. The van der Waals surface area contributed by atoms with Crippen LogP contribution in [-0.2, 0) is 11.2 Å². The Balaban J connectivity index is 1.22. The van der Waals surface area contributed by atoms with E-state index in [1.165, 1.54) is 0 Å². The Morgan fingerprint density at radius 2 is 1.74 bits per heavy atom. The highest BCUT2D eigenvalue weighted by Crippen LogP contribution is 2.34. The molecule has 0 fully saturated rings. The van der Waals surface area contributed by atoms with Crippen molar-refractivity contribution < 1.29 is 9.32 Å². The molecule has 0 aliphatic rings. The number of rotatable bonds is 9. The summed E-state index contributed by atoms with van der Waals surface area (Å²) >= 11 is 6.55. The van der Waals surface area contributed by atoms with Crippen LogP contribution in [0.5, 0.6) is 0 Å². The summed E-state index contributed by atoms with van der Waals surface area (Å²) in [5, 5.41) is 8.94. The molecule has 0 aliphatic carbocycles. The summed E-state index contributed by atoms with van der Waals surface area (Å²) in [6.45, 7) is 0.448. The molecule has 3 aromatic carbocycles. The zero-order valence-electron chi connectivity index (χ0n) is 19.1. The van der Waals surface area contributed by atoms with E-state index in [4.69, 9.17) is 16.1 Å².